The Labute approximate surface area is 82.1 Å². The first kappa shape index (κ1) is 10.1. The van der Waals surface area contributed by atoms with Gasteiger partial charge in [-0.3, -0.25) is 10.1 Å². The van der Waals surface area contributed by atoms with E-state index in [2.05, 4.69) is 0 Å². The predicted molar refractivity (Wildman–Crippen MR) is 50.4 cm³/mol. The third-order valence-electron chi connectivity index (χ3n) is 1.65. The zero-order valence-corrected chi connectivity index (χ0v) is 7.78. The van der Waals surface area contributed by atoms with E-state index in [1.165, 1.54) is 6.19 Å². The summed E-state index contributed by atoms with van der Waals surface area (Å²) in [5.74, 6) is 0.205. The monoisotopic (exact) mass is 190 g/mol. The van der Waals surface area contributed by atoms with Crippen molar-refractivity contribution in [3.05, 3.63) is 29.8 Å². The van der Waals surface area contributed by atoms with E-state index in [1.54, 1.807) is 6.07 Å². The number of amides is 1. The molecule has 0 saturated carbocycles. The molecule has 0 atom stereocenters. The van der Waals surface area contributed by atoms with Gasteiger partial charge in [0.25, 0.3) is 5.91 Å². The molecule has 0 aliphatic carbocycles. The van der Waals surface area contributed by atoms with E-state index in [0.29, 0.717) is 5.75 Å². The number of rotatable bonds is 3. The van der Waals surface area contributed by atoms with Crippen LogP contribution in [0, 0.1) is 18.4 Å². The summed E-state index contributed by atoms with van der Waals surface area (Å²) in [6, 6.07) is 7.37. The number of aryl methyl sites for hydroxylation is 1. The Balaban J connectivity index is 2.51. The van der Waals surface area contributed by atoms with Gasteiger partial charge in [-0.1, -0.05) is 18.2 Å². The number of carbonyl (C=O) groups is 1. The maximum Gasteiger partial charge on any atom is 0.270 e. The molecule has 0 fully saturated rings. The molecule has 4 nitrogen and oxygen atoms in total. The molecule has 0 aliphatic rings. The van der Waals surface area contributed by atoms with Crippen molar-refractivity contribution >= 4 is 5.91 Å². The summed E-state index contributed by atoms with van der Waals surface area (Å²) in [7, 11) is 0. The molecule has 14 heavy (non-hydrogen) atoms. The van der Waals surface area contributed by atoms with Gasteiger partial charge in [-0.25, -0.2) is 0 Å². The minimum Gasteiger partial charge on any atom is -0.483 e. The maximum absolute atomic E-state index is 10.9. The van der Waals surface area contributed by atoms with Gasteiger partial charge in [-0.05, 0) is 18.6 Å². The Hall–Kier alpha value is -2.02. The van der Waals surface area contributed by atoms with Gasteiger partial charge in [-0.2, -0.15) is 5.26 Å². The second-order valence-electron chi connectivity index (χ2n) is 2.71. The molecule has 0 aromatic heterocycles. The van der Waals surface area contributed by atoms with Gasteiger partial charge < -0.3 is 4.74 Å². The van der Waals surface area contributed by atoms with Gasteiger partial charge in [0.2, 0.25) is 0 Å². The second-order valence-corrected chi connectivity index (χ2v) is 2.71. The summed E-state index contributed by atoms with van der Waals surface area (Å²) >= 11 is 0. The summed E-state index contributed by atoms with van der Waals surface area (Å²) in [5.41, 5.74) is 0.956. The number of hydrogen-bond acceptors (Lipinski definition) is 3. The number of ether oxygens (including phenoxy) is 1. The van der Waals surface area contributed by atoms with Crippen molar-refractivity contribution < 1.29 is 9.53 Å². The SMILES string of the molecule is Cc1ccccc1OCC(=O)NC#N. The molecule has 72 valence electrons. The number of para-hydroxylation sites is 1. The van der Waals surface area contributed by atoms with Gasteiger partial charge in [-0.15, -0.1) is 0 Å². The highest BCUT2D eigenvalue weighted by Crippen LogP contribution is 2.15. The average Bonchev–Trinajstić information content (AvgIpc) is 2.17. The Morgan fingerprint density at radius 3 is 2.93 bits per heavy atom. The number of hydrogen-bond donors (Lipinski definition) is 1. The molecule has 1 rings (SSSR count). The lowest BCUT2D eigenvalue weighted by atomic mass is 10.2. The molecule has 0 spiro atoms. The number of benzene rings is 1. The molecule has 1 N–H and O–H groups in total. The van der Waals surface area contributed by atoms with E-state index in [0.717, 1.165) is 5.56 Å². The van der Waals surface area contributed by atoms with Crippen molar-refractivity contribution in [1.82, 2.24) is 5.32 Å². The van der Waals surface area contributed by atoms with E-state index < -0.39 is 5.91 Å². The van der Waals surface area contributed by atoms with Crippen LogP contribution in [0.4, 0.5) is 0 Å². The Morgan fingerprint density at radius 2 is 2.29 bits per heavy atom. The van der Waals surface area contributed by atoms with Crippen LogP contribution in [0.5, 0.6) is 5.75 Å². The standard InChI is InChI=1S/C10H10N2O2/c1-8-4-2-3-5-9(8)14-6-10(13)12-7-11/h2-5H,6H2,1H3,(H,12,13). The van der Waals surface area contributed by atoms with E-state index in [4.69, 9.17) is 10.00 Å². The van der Waals surface area contributed by atoms with Crippen molar-refractivity contribution in [2.45, 2.75) is 6.92 Å². The average molecular weight is 190 g/mol. The summed E-state index contributed by atoms with van der Waals surface area (Å²) in [5, 5.41) is 10.1. The third kappa shape index (κ3) is 2.79. The Kier molecular flexibility index (Phi) is 3.50. The highest BCUT2D eigenvalue weighted by Gasteiger charge is 2.02. The van der Waals surface area contributed by atoms with Crippen LogP contribution in [0.1, 0.15) is 5.56 Å². The minimum atomic E-state index is -0.448. The largest absolute Gasteiger partial charge is 0.483 e. The second kappa shape index (κ2) is 4.87. The van der Waals surface area contributed by atoms with Crippen LogP contribution in [0.15, 0.2) is 24.3 Å². The highest BCUT2D eigenvalue weighted by molar-refractivity contribution is 5.78. The molecule has 0 saturated heterocycles. The van der Waals surface area contributed by atoms with E-state index in [9.17, 15) is 4.79 Å². The molecule has 1 aromatic rings. The molecule has 0 heterocycles. The van der Waals surface area contributed by atoms with Crippen LogP contribution < -0.4 is 10.1 Å². The summed E-state index contributed by atoms with van der Waals surface area (Å²) in [6.45, 7) is 1.75. The van der Waals surface area contributed by atoms with Crippen molar-refractivity contribution in [3.63, 3.8) is 0 Å². The molecule has 1 aromatic carbocycles. The lowest BCUT2D eigenvalue weighted by molar-refractivity contribution is -0.121. The first-order valence-corrected chi connectivity index (χ1v) is 4.10. The lowest BCUT2D eigenvalue weighted by Gasteiger charge is -2.06. The lowest BCUT2D eigenvalue weighted by Crippen LogP contribution is -2.24. The zero-order valence-electron chi connectivity index (χ0n) is 7.78. The van der Waals surface area contributed by atoms with Crippen LogP contribution in [-0.4, -0.2) is 12.5 Å². The van der Waals surface area contributed by atoms with Gasteiger partial charge in [0.15, 0.2) is 12.8 Å². The number of nitriles is 1. The highest BCUT2D eigenvalue weighted by atomic mass is 16.5. The van der Waals surface area contributed by atoms with Crippen LogP contribution in [0.3, 0.4) is 0 Å². The van der Waals surface area contributed by atoms with Gasteiger partial charge in [0.1, 0.15) is 5.75 Å². The van der Waals surface area contributed by atoms with E-state index in [-0.39, 0.29) is 6.61 Å². The van der Waals surface area contributed by atoms with Crippen molar-refractivity contribution in [2.75, 3.05) is 6.61 Å². The normalized spacial score (nSPS) is 8.86. The van der Waals surface area contributed by atoms with Crippen molar-refractivity contribution in [1.29, 1.82) is 5.26 Å². The Morgan fingerprint density at radius 1 is 1.57 bits per heavy atom. The van der Waals surface area contributed by atoms with E-state index >= 15 is 0 Å². The minimum absolute atomic E-state index is 0.140. The fraction of sp³-hybridized carbons (Fsp3) is 0.200. The van der Waals surface area contributed by atoms with Crippen LogP contribution in [-0.2, 0) is 4.79 Å². The van der Waals surface area contributed by atoms with Gasteiger partial charge >= 0.3 is 0 Å². The first-order chi connectivity index (χ1) is 6.74. The van der Waals surface area contributed by atoms with Crippen molar-refractivity contribution in [3.8, 4) is 11.9 Å². The van der Waals surface area contributed by atoms with Gasteiger partial charge in [0, 0.05) is 0 Å². The molecular formula is C10H10N2O2. The molecule has 0 radical (unpaired) electrons. The number of nitrogens with zero attached hydrogens (tertiary/aromatic N) is 1. The quantitative estimate of drug-likeness (QED) is 0.570. The third-order valence-corrected chi connectivity index (χ3v) is 1.65. The van der Waals surface area contributed by atoms with Crippen LogP contribution >= 0.6 is 0 Å². The predicted octanol–water partition coefficient (Wildman–Crippen LogP) is 0.971. The van der Waals surface area contributed by atoms with Crippen LogP contribution in [0.2, 0.25) is 0 Å². The summed E-state index contributed by atoms with van der Waals surface area (Å²) < 4.78 is 5.19. The van der Waals surface area contributed by atoms with E-state index in [1.807, 2.05) is 30.4 Å². The fourth-order valence-corrected chi connectivity index (χ4v) is 0.960. The molecule has 4 heteroatoms. The molecule has 0 bridgehead atoms. The Bertz CT molecular complexity index is 369. The molecule has 1 amide bonds. The first-order valence-electron chi connectivity index (χ1n) is 4.10. The summed E-state index contributed by atoms with van der Waals surface area (Å²) in [4.78, 5) is 10.9. The van der Waals surface area contributed by atoms with Crippen LogP contribution in [0.25, 0.3) is 0 Å². The fourth-order valence-electron chi connectivity index (χ4n) is 0.960. The number of nitrogens with one attached hydrogen (secondary N) is 1. The molecule has 0 unspecified atom stereocenters. The van der Waals surface area contributed by atoms with Gasteiger partial charge in [0.05, 0.1) is 0 Å². The smallest absolute Gasteiger partial charge is 0.270 e. The van der Waals surface area contributed by atoms with Crippen molar-refractivity contribution in [2.24, 2.45) is 0 Å². The molecule has 0 aliphatic heterocycles. The topological polar surface area (TPSA) is 62.1 Å². The zero-order chi connectivity index (χ0) is 10.4. The maximum atomic E-state index is 10.9. The molecular weight excluding hydrogens is 180 g/mol. The number of carbonyl (C=O) groups excluding carboxylic acids is 1. The summed E-state index contributed by atoms with van der Waals surface area (Å²) in [6.07, 6.45) is 1.54.